The largest absolute Gasteiger partial charge is 0.490 e. The number of alkyl halides is 3. The Balaban J connectivity index is 0.000000856. The number of aliphatic carboxylic acids is 1. The van der Waals surface area contributed by atoms with Crippen molar-refractivity contribution >= 4 is 33.5 Å². The summed E-state index contributed by atoms with van der Waals surface area (Å²) in [7, 11) is -3.87. The molecule has 0 radical (unpaired) electrons. The Morgan fingerprint density at radius 3 is 1.86 bits per heavy atom. The average Bonchev–Trinajstić information content (AvgIpc) is 2.78. The summed E-state index contributed by atoms with van der Waals surface area (Å²) in [5, 5.41) is 16.8. The van der Waals surface area contributed by atoms with Crippen LogP contribution in [-0.2, 0) is 20.2 Å². The van der Waals surface area contributed by atoms with Gasteiger partial charge in [-0.3, -0.25) is 4.72 Å². The quantitative estimate of drug-likeness (QED) is 0.393. The molecule has 0 unspecified atom stereocenters. The van der Waals surface area contributed by atoms with Gasteiger partial charge in [0.05, 0.1) is 16.8 Å². The minimum absolute atomic E-state index is 0.0276. The molecule has 1 aromatic carbocycles. The second-order valence-electron chi connectivity index (χ2n) is 9.07. The number of carbonyl (C=O) groups is 2. The number of benzene rings is 1. The summed E-state index contributed by atoms with van der Waals surface area (Å²) in [6.07, 6.45) is -2.03. The number of hydrogen-bond acceptors (Lipinski definition) is 6. The molecule has 0 saturated carbocycles. The van der Waals surface area contributed by atoms with Gasteiger partial charge >= 0.3 is 18.1 Å². The van der Waals surface area contributed by atoms with E-state index in [1.54, 1.807) is 24.3 Å². The molecule has 0 aliphatic heterocycles. The standard InChI is InChI=1S/C22H31N3O4S.C2HF3O2/c1-6-12-25(13-7-2)20-19(21(26)27)14-17(15-23-20)24-30(28,29)18-10-8-16(9-11-18)22(3,4)5;3-2(4,5)1(6)7/h8-11,14-15,24H,6-7,12-13H2,1-5H3,(H,26,27);(H,6,7). The highest BCUT2D eigenvalue weighted by Crippen LogP contribution is 2.26. The number of sulfonamides is 1. The van der Waals surface area contributed by atoms with E-state index in [1.807, 2.05) is 18.7 Å². The molecule has 2 rings (SSSR count). The first-order valence-corrected chi connectivity index (χ1v) is 12.8. The second-order valence-corrected chi connectivity index (χ2v) is 10.8. The maximum Gasteiger partial charge on any atom is 0.490 e. The predicted octanol–water partition coefficient (Wildman–Crippen LogP) is 5.14. The second kappa shape index (κ2) is 12.7. The number of nitrogens with one attached hydrogen (secondary N) is 1. The number of anilines is 2. The fourth-order valence-corrected chi connectivity index (χ4v) is 4.17. The highest BCUT2D eigenvalue weighted by atomic mass is 32.2. The molecule has 0 atom stereocenters. The van der Waals surface area contributed by atoms with E-state index in [-0.39, 0.29) is 21.6 Å². The number of halogens is 3. The number of nitrogens with zero attached hydrogens (tertiary/aromatic N) is 2. The normalized spacial score (nSPS) is 11.8. The van der Waals surface area contributed by atoms with Crippen LogP contribution in [0.2, 0.25) is 0 Å². The minimum Gasteiger partial charge on any atom is -0.478 e. The van der Waals surface area contributed by atoms with E-state index in [4.69, 9.17) is 9.90 Å². The van der Waals surface area contributed by atoms with E-state index in [0.29, 0.717) is 18.9 Å². The van der Waals surface area contributed by atoms with Crippen LogP contribution in [0.3, 0.4) is 0 Å². The molecule has 37 heavy (non-hydrogen) atoms. The molecular weight excluding hydrogens is 515 g/mol. The van der Waals surface area contributed by atoms with Gasteiger partial charge < -0.3 is 15.1 Å². The minimum atomic E-state index is -5.08. The van der Waals surface area contributed by atoms with E-state index < -0.39 is 28.1 Å². The van der Waals surface area contributed by atoms with Crippen LogP contribution in [-0.4, -0.2) is 54.8 Å². The van der Waals surface area contributed by atoms with Gasteiger partial charge in [-0.15, -0.1) is 0 Å². The first-order chi connectivity index (χ1) is 16.9. The molecule has 0 amide bonds. The zero-order chi connectivity index (χ0) is 28.6. The van der Waals surface area contributed by atoms with Gasteiger partial charge in [-0.2, -0.15) is 13.2 Å². The SMILES string of the molecule is CCCN(CCC)c1ncc(NS(=O)(=O)c2ccc(C(C)(C)C)cc2)cc1C(=O)O.O=C(O)C(F)(F)F. The van der Waals surface area contributed by atoms with E-state index in [2.05, 4.69) is 30.5 Å². The lowest BCUT2D eigenvalue weighted by Gasteiger charge is -2.24. The van der Waals surface area contributed by atoms with Crippen molar-refractivity contribution in [3.63, 3.8) is 0 Å². The van der Waals surface area contributed by atoms with Crippen molar-refractivity contribution < 1.29 is 41.4 Å². The topological polar surface area (TPSA) is 137 Å². The molecule has 0 saturated heterocycles. The number of carboxylic acid groups (broad SMARTS) is 2. The molecule has 0 bridgehead atoms. The lowest BCUT2D eigenvalue weighted by molar-refractivity contribution is -0.192. The average molecular weight is 548 g/mol. The molecular formula is C24H32F3N3O6S. The third-order valence-corrected chi connectivity index (χ3v) is 6.31. The van der Waals surface area contributed by atoms with Gasteiger partial charge in [0.2, 0.25) is 0 Å². The molecule has 0 spiro atoms. The van der Waals surface area contributed by atoms with Crippen molar-refractivity contribution in [3.05, 3.63) is 47.7 Å². The van der Waals surface area contributed by atoms with Gasteiger partial charge in [0.1, 0.15) is 11.4 Å². The highest BCUT2D eigenvalue weighted by molar-refractivity contribution is 7.92. The zero-order valence-electron chi connectivity index (χ0n) is 21.3. The maximum absolute atomic E-state index is 12.8. The van der Waals surface area contributed by atoms with Crippen LogP contribution in [0.5, 0.6) is 0 Å². The van der Waals surface area contributed by atoms with Crippen molar-refractivity contribution in [2.75, 3.05) is 22.7 Å². The number of rotatable bonds is 9. The maximum atomic E-state index is 12.8. The van der Waals surface area contributed by atoms with Crippen LogP contribution in [0.25, 0.3) is 0 Å². The molecule has 1 heterocycles. The van der Waals surface area contributed by atoms with Crippen molar-refractivity contribution in [2.45, 2.75) is 63.9 Å². The molecule has 13 heteroatoms. The Morgan fingerprint density at radius 1 is 1.00 bits per heavy atom. The van der Waals surface area contributed by atoms with E-state index in [1.165, 1.54) is 12.3 Å². The van der Waals surface area contributed by atoms with Gasteiger partial charge in [0.25, 0.3) is 10.0 Å². The van der Waals surface area contributed by atoms with Crippen LogP contribution < -0.4 is 9.62 Å². The summed E-state index contributed by atoms with van der Waals surface area (Å²) in [6, 6.07) is 7.99. The fraction of sp³-hybridized carbons (Fsp3) is 0.458. The summed E-state index contributed by atoms with van der Waals surface area (Å²) in [6.45, 7) is 11.5. The molecule has 1 aromatic heterocycles. The Morgan fingerprint density at radius 2 is 1.49 bits per heavy atom. The summed E-state index contributed by atoms with van der Waals surface area (Å²) >= 11 is 0. The number of pyridine rings is 1. The summed E-state index contributed by atoms with van der Waals surface area (Å²) in [4.78, 5) is 27.0. The predicted molar refractivity (Wildman–Crippen MR) is 134 cm³/mol. The Bertz CT molecular complexity index is 1170. The van der Waals surface area contributed by atoms with Crippen LogP contribution in [0.4, 0.5) is 24.7 Å². The van der Waals surface area contributed by atoms with Gasteiger partial charge in [-0.1, -0.05) is 46.8 Å². The van der Waals surface area contributed by atoms with Gasteiger partial charge in [0, 0.05) is 13.1 Å². The molecule has 0 fully saturated rings. The molecule has 206 valence electrons. The van der Waals surface area contributed by atoms with Crippen molar-refractivity contribution in [3.8, 4) is 0 Å². The number of aromatic carboxylic acids is 1. The van der Waals surface area contributed by atoms with Crippen molar-refractivity contribution in [1.29, 1.82) is 0 Å². The van der Waals surface area contributed by atoms with Crippen molar-refractivity contribution in [1.82, 2.24) is 4.98 Å². The van der Waals surface area contributed by atoms with Crippen LogP contribution >= 0.6 is 0 Å². The highest BCUT2D eigenvalue weighted by Gasteiger charge is 2.38. The van der Waals surface area contributed by atoms with Crippen LogP contribution in [0.15, 0.2) is 41.4 Å². The third-order valence-electron chi connectivity index (χ3n) is 4.91. The lowest BCUT2D eigenvalue weighted by Crippen LogP contribution is -2.28. The van der Waals surface area contributed by atoms with E-state index in [0.717, 1.165) is 18.4 Å². The number of carboxylic acids is 2. The van der Waals surface area contributed by atoms with Crippen molar-refractivity contribution in [2.24, 2.45) is 0 Å². The van der Waals surface area contributed by atoms with E-state index in [9.17, 15) is 31.5 Å². The fourth-order valence-electron chi connectivity index (χ4n) is 3.13. The lowest BCUT2D eigenvalue weighted by atomic mass is 9.87. The Kier molecular flexibility index (Phi) is 10.9. The summed E-state index contributed by atoms with van der Waals surface area (Å²) < 4.78 is 59.7. The molecule has 2 aromatic rings. The summed E-state index contributed by atoms with van der Waals surface area (Å²) in [5.41, 5.74) is 1.02. The van der Waals surface area contributed by atoms with Gasteiger partial charge in [0.15, 0.2) is 0 Å². The number of hydrogen-bond donors (Lipinski definition) is 3. The zero-order valence-corrected chi connectivity index (χ0v) is 22.1. The van der Waals surface area contributed by atoms with E-state index >= 15 is 0 Å². The van der Waals surface area contributed by atoms with Crippen LogP contribution in [0, 0.1) is 0 Å². The first-order valence-electron chi connectivity index (χ1n) is 11.4. The number of aromatic nitrogens is 1. The van der Waals surface area contributed by atoms with Gasteiger partial charge in [-0.25, -0.2) is 23.0 Å². The monoisotopic (exact) mass is 547 g/mol. The summed E-state index contributed by atoms with van der Waals surface area (Å²) in [5.74, 6) is -3.55. The third kappa shape index (κ3) is 9.56. The molecule has 9 nitrogen and oxygen atoms in total. The molecule has 0 aliphatic rings. The smallest absolute Gasteiger partial charge is 0.478 e. The first kappa shape index (κ1) is 31.7. The Labute approximate surface area is 214 Å². The molecule has 3 N–H and O–H groups in total. The molecule has 0 aliphatic carbocycles. The Hall–Kier alpha value is -3.35. The van der Waals surface area contributed by atoms with Gasteiger partial charge in [-0.05, 0) is 42.0 Å². The van der Waals surface area contributed by atoms with Crippen LogP contribution in [0.1, 0.15) is 63.4 Å².